The molecule has 0 saturated carbocycles. The second-order valence-electron chi connectivity index (χ2n) is 4.60. The molecule has 0 fully saturated rings. The van der Waals surface area contributed by atoms with E-state index in [0.717, 1.165) is 10.0 Å². The van der Waals surface area contributed by atoms with Crippen LogP contribution in [-0.2, 0) is 0 Å². The molecule has 0 spiro atoms. The van der Waals surface area contributed by atoms with Crippen molar-refractivity contribution in [3.05, 3.63) is 57.3 Å². The zero-order valence-electron chi connectivity index (χ0n) is 11.9. The van der Waals surface area contributed by atoms with E-state index >= 15 is 0 Å². The molecule has 112 valence electrons. The molecular formula is C16H15BrClFO2. The predicted octanol–water partition coefficient (Wildman–Crippen LogP) is 5.24. The summed E-state index contributed by atoms with van der Waals surface area (Å²) in [7, 11) is 3.13. The van der Waals surface area contributed by atoms with Crippen molar-refractivity contribution >= 4 is 27.5 Å². The number of hydrogen-bond acceptors (Lipinski definition) is 2. The van der Waals surface area contributed by atoms with Crippen LogP contribution in [0.15, 0.2) is 34.8 Å². The van der Waals surface area contributed by atoms with Crippen molar-refractivity contribution in [2.75, 3.05) is 14.2 Å². The van der Waals surface area contributed by atoms with Crippen molar-refractivity contribution in [1.29, 1.82) is 0 Å². The number of alkyl halides is 1. The van der Waals surface area contributed by atoms with E-state index < -0.39 is 5.38 Å². The second-order valence-corrected chi connectivity index (χ2v) is 5.89. The zero-order valence-corrected chi connectivity index (χ0v) is 14.3. The number of hydrogen-bond donors (Lipinski definition) is 0. The topological polar surface area (TPSA) is 18.5 Å². The van der Waals surface area contributed by atoms with Gasteiger partial charge in [-0.3, -0.25) is 0 Å². The molecule has 0 radical (unpaired) electrons. The van der Waals surface area contributed by atoms with Gasteiger partial charge < -0.3 is 9.47 Å². The summed E-state index contributed by atoms with van der Waals surface area (Å²) in [4.78, 5) is 0. The Morgan fingerprint density at radius 3 is 2.29 bits per heavy atom. The van der Waals surface area contributed by atoms with Gasteiger partial charge in [0.05, 0.1) is 19.6 Å². The highest BCUT2D eigenvalue weighted by Crippen LogP contribution is 2.40. The van der Waals surface area contributed by atoms with Gasteiger partial charge in [0, 0.05) is 4.47 Å². The van der Waals surface area contributed by atoms with Gasteiger partial charge in [-0.05, 0) is 41.8 Å². The van der Waals surface area contributed by atoms with Crippen molar-refractivity contribution in [2.24, 2.45) is 0 Å². The van der Waals surface area contributed by atoms with Gasteiger partial charge in [-0.25, -0.2) is 4.39 Å². The smallest absolute Gasteiger partial charge is 0.161 e. The number of aryl methyl sites for hydroxylation is 1. The molecule has 2 aromatic rings. The van der Waals surface area contributed by atoms with E-state index in [2.05, 4.69) is 15.9 Å². The third kappa shape index (κ3) is 3.33. The summed E-state index contributed by atoms with van der Waals surface area (Å²) >= 11 is 9.96. The van der Waals surface area contributed by atoms with Crippen LogP contribution in [-0.4, -0.2) is 14.2 Å². The third-order valence-corrected chi connectivity index (χ3v) is 4.44. The fourth-order valence-corrected chi connectivity index (χ4v) is 3.01. The Labute approximate surface area is 137 Å². The lowest BCUT2D eigenvalue weighted by atomic mass is 10.0. The molecule has 2 nitrogen and oxygen atoms in total. The molecule has 2 rings (SSSR count). The fraction of sp³-hybridized carbons (Fsp3) is 0.250. The fourth-order valence-electron chi connectivity index (χ4n) is 2.01. The van der Waals surface area contributed by atoms with Crippen LogP contribution >= 0.6 is 27.5 Å². The van der Waals surface area contributed by atoms with Crippen molar-refractivity contribution < 1.29 is 13.9 Å². The molecule has 0 N–H and O–H groups in total. The first-order valence-electron chi connectivity index (χ1n) is 6.29. The standard InChI is InChI=1S/C16H15BrClFO2/c1-9-4-5-10(6-13(9)19)16(18)11-7-14(20-2)15(21-3)8-12(11)17/h4-8,16H,1-3H3. The molecule has 0 aliphatic carbocycles. The van der Waals surface area contributed by atoms with Crippen LogP contribution in [0.5, 0.6) is 11.5 Å². The maximum absolute atomic E-state index is 13.7. The Hall–Kier alpha value is -1.26. The number of halogens is 3. The molecule has 0 aromatic heterocycles. The average molecular weight is 374 g/mol. The summed E-state index contributed by atoms with van der Waals surface area (Å²) in [5.41, 5.74) is 2.07. The van der Waals surface area contributed by atoms with Crippen molar-refractivity contribution in [1.82, 2.24) is 0 Å². The van der Waals surface area contributed by atoms with Crippen LogP contribution in [0.2, 0.25) is 0 Å². The van der Waals surface area contributed by atoms with Crippen LogP contribution in [0.1, 0.15) is 22.1 Å². The maximum Gasteiger partial charge on any atom is 0.161 e. The molecule has 5 heteroatoms. The van der Waals surface area contributed by atoms with E-state index in [-0.39, 0.29) is 5.82 Å². The molecule has 0 aliphatic heterocycles. The first-order chi connectivity index (χ1) is 9.97. The SMILES string of the molecule is COc1cc(Br)c(C(Cl)c2ccc(C)c(F)c2)cc1OC. The quantitative estimate of drug-likeness (QED) is 0.682. The normalized spacial score (nSPS) is 12.1. The van der Waals surface area contributed by atoms with Gasteiger partial charge in [0.15, 0.2) is 11.5 Å². The van der Waals surface area contributed by atoms with E-state index in [0.29, 0.717) is 22.6 Å². The molecule has 0 aliphatic rings. The third-order valence-electron chi connectivity index (χ3n) is 3.26. The highest BCUT2D eigenvalue weighted by molar-refractivity contribution is 9.10. The molecule has 0 saturated heterocycles. The molecular weight excluding hydrogens is 359 g/mol. The van der Waals surface area contributed by atoms with Crippen LogP contribution < -0.4 is 9.47 Å². The Kier molecular flexibility index (Phi) is 5.12. The molecule has 1 atom stereocenters. The highest BCUT2D eigenvalue weighted by atomic mass is 79.9. The van der Waals surface area contributed by atoms with Crippen molar-refractivity contribution in [3.63, 3.8) is 0 Å². The Morgan fingerprint density at radius 2 is 1.71 bits per heavy atom. The van der Waals surface area contributed by atoms with Gasteiger partial charge in [0.2, 0.25) is 0 Å². The molecule has 0 amide bonds. The summed E-state index contributed by atoms with van der Waals surface area (Å²) < 4.78 is 25.0. The number of methoxy groups -OCH3 is 2. The monoisotopic (exact) mass is 372 g/mol. The first kappa shape index (κ1) is 16.1. The Balaban J connectivity index is 2.47. The number of ether oxygens (including phenoxy) is 2. The van der Waals surface area contributed by atoms with E-state index in [1.807, 2.05) is 6.07 Å². The summed E-state index contributed by atoms with van der Waals surface area (Å²) in [6.07, 6.45) is 0. The van der Waals surface area contributed by atoms with Crippen molar-refractivity contribution in [2.45, 2.75) is 12.3 Å². The molecule has 0 bridgehead atoms. The van der Waals surface area contributed by atoms with Gasteiger partial charge in [0.1, 0.15) is 5.82 Å². The van der Waals surface area contributed by atoms with Crippen LogP contribution in [0.25, 0.3) is 0 Å². The van der Waals surface area contributed by atoms with Crippen LogP contribution in [0.3, 0.4) is 0 Å². The number of benzene rings is 2. The minimum atomic E-state index is -0.491. The lowest BCUT2D eigenvalue weighted by molar-refractivity contribution is 0.354. The van der Waals surface area contributed by atoms with Crippen LogP contribution in [0.4, 0.5) is 4.39 Å². The van der Waals surface area contributed by atoms with Gasteiger partial charge >= 0.3 is 0 Å². The number of rotatable bonds is 4. The Bertz CT molecular complexity index is 661. The largest absolute Gasteiger partial charge is 0.493 e. The van der Waals surface area contributed by atoms with E-state index in [4.69, 9.17) is 21.1 Å². The van der Waals surface area contributed by atoms with Gasteiger partial charge in [0.25, 0.3) is 0 Å². The summed E-state index contributed by atoms with van der Waals surface area (Å²) in [6.45, 7) is 1.72. The summed E-state index contributed by atoms with van der Waals surface area (Å²) in [5, 5.41) is -0.491. The van der Waals surface area contributed by atoms with Gasteiger partial charge in [-0.1, -0.05) is 28.1 Å². The van der Waals surface area contributed by atoms with E-state index in [1.165, 1.54) is 6.07 Å². The van der Waals surface area contributed by atoms with Crippen LogP contribution in [0, 0.1) is 12.7 Å². The van der Waals surface area contributed by atoms with Gasteiger partial charge in [-0.2, -0.15) is 0 Å². The maximum atomic E-state index is 13.7. The lowest BCUT2D eigenvalue weighted by Crippen LogP contribution is -1.99. The molecule has 21 heavy (non-hydrogen) atoms. The second kappa shape index (κ2) is 6.67. The Morgan fingerprint density at radius 1 is 1.10 bits per heavy atom. The molecule has 0 heterocycles. The highest BCUT2D eigenvalue weighted by Gasteiger charge is 2.18. The minimum Gasteiger partial charge on any atom is -0.493 e. The minimum absolute atomic E-state index is 0.269. The molecule has 1 unspecified atom stereocenters. The van der Waals surface area contributed by atoms with E-state index in [1.54, 1.807) is 39.3 Å². The molecule has 2 aromatic carbocycles. The van der Waals surface area contributed by atoms with Crippen molar-refractivity contribution in [3.8, 4) is 11.5 Å². The lowest BCUT2D eigenvalue weighted by Gasteiger charge is -2.16. The first-order valence-corrected chi connectivity index (χ1v) is 7.52. The summed E-state index contributed by atoms with van der Waals surface area (Å²) in [5.74, 6) is 0.913. The summed E-state index contributed by atoms with van der Waals surface area (Å²) in [6, 6.07) is 8.57. The predicted molar refractivity (Wildman–Crippen MR) is 86.1 cm³/mol. The van der Waals surface area contributed by atoms with Gasteiger partial charge in [-0.15, -0.1) is 11.6 Å². The zero-order chi connectivity index (χ0) is 15.6. The average Bonchev–Trinajstić information content (AvgIpc) is 2.49. The van der Waals surface area contributed by atoms with E-state index in [9.17, 15) is 4.39 Å².